The first-order valence-corrected chi connectivity index (χ1v) is 6.73. The molecule has 18 heavy (non-hydrogen) atoms. The van der Waals surface area contributed by atoms with Crippen LogP contribution in [0.1, 0.15) is 44.9 Å². The quantitative estimate of drug-likeness (QED) is 0.859. The van der Waals surface area contributed by atoms with Crippen molar-refractivity contribution in [2.45, 2.75) is 46.8 Å². The Labute approximate surface area is 112 Å². The molecule has 1 aromatic carbocycles. The van der Waals surface area contributed by atoms with Crippen LogP contribution in [0.25, 0.3) is 0 Å². The Morgan fingerprint density at radius 1 is 1.28 bits per heavy atom. The number of hydrogen-bond donors (Lipinski definition) is 1. The van der Waals surface area contributed by atoms with Crippen molar-refractivity contribution >= 4 is 0 Å². The first-order valence-electron chi connectivity index (χ1n) is 6.73. The highest BCUT2D eigenvalue weighted by molar-refractivity contribution is 5.26. The number of methoxy groups -OCH3 is 1. The van der Waals surface area contributed by atoms with Crippen LogP contribution in [0.15, 0.2) is 24.3 Å². The van der Waals surface area contributed by atoms with Crippen molar-refractivity contribution in [2.75, 3.05) is 13.7 Å². The molecule has 0 saturated heterocycles. The first-order chi connectivity index (χ1) is 8.40. The van der Waals surface area contributed by atoms with E-state index >= 15 is 0 Å². The fraction of sp³-hybridized carbons (Fsp3) is 0.625. The summed E-state index contributed by atoms with van der Waals surface area (Å²) in [4.78, 5) is 0. The second-order valence-electron chi connectivity index (χ2n) is 5.97. The third-order valence-electron chi connectivity index (χ3n) is 3.24. The van der Waals surface area contributed by atoms with E-state index in [4.69, 9.17) is 4.74 Å². The summed E-state index contributed by atoms with van der Waals surface area (Å²) in [7, 11) is 1.80. The lowest BCUT2D eigenvalue weighted by atomic mass is 9.81. The Morgan fingerprint density at radius 2 is 1.94 bits per heavy atom. The maximum atomic E-state index is 5.76. The van der Waals surface area contributed by atoms with Gasteiger partial charge in [-0.15, -0.1) is 0 Å². The minimum atomic E-state index is 0.103. The normalized spacial score (nSPS) is 15.4. The fourth-order valence-corrected chi connectivity index (χ4v) is 2.47. The van der Waals surface area contributed by atoms with Crippen LogP contribution in [0.2, 0.25) is 0 Å². The Kier molecular flexibility index (Phi) is 5.36. The zero-order valence-corrected chi connectivity index (χ0v) is 12.6. The molecule has 1 rings (SSSR count). The summed E-state index contributed by atoms with van der Waals surface area (Å²) >= 11 is 0. The Balaban J connectivity index is 3.08. The highest BCUT2D eigenvalue weighted by Gasteiger charge is 2.32. The van der Waals surface area contributed by atoms with E-state index in [0.717, 1.165) is 6.54 Å². The van der Waals surface area contributed by atoms with Gasteiger partial charge in [0.15, 0.2) is 0 Å². The summed E-state index contributed by atoms with van der Waals surface area (Å²) in [5.74, 6) is 0. The van der Waals surface area contributed by atoms with E-state index in [0.29, 0.717) is 0 Å². The number of benzene rings is 1. The second kappa shape index (κ2) is 6.35. The Morgan fingerprint density at radius 3 is 2.39 bits per heavy atom. The van der Waals surface area contributed by atoms with Crippen LogP contribution in [0, 0.1) is 12.3 Å². The van der Waals surface area contributed by atoms with Crippen LogP contribution < -0.4 is 5.32 Å². The third kappa shape index (κ3) is 3.82. The molecule has 2 unspecified atom stereocenters. The molecule has 1 N–H and O–H groups in total. The number of hydrogen-bond acceptors (Lipinski definition) is 2. The van der Waals surface area contributed by atoms with Crippen LogP contribution in [0.3, 0.4) is 0 Å². The van der Waals surface area contributed by atoms with Gasteiger partial charge < -0.3 is 10.1 Å². The summed E-state index contributed by atoms with van der Waals surface area (Å²) in [5, 5.41) is 3.56. The first kappa shape index (κ1) is 15.2. The fourth-order valence-electron chi connectivity index (χ4n) is 2.47. The maximum absolute atomic E-state index is 5.76. The highest BCUT2D eigenvalue weighted by atomic mass is 16.5. The minimum absolute atomic E-state index is 0.103. The molecule has 0 fully saturated rings. The lowest BCUT2D eigenvalue weighted by Crippen LogP contribution is -2.41. The van der Waals surface area contributed by atoms with Crippen molar-refractivity contribution < 1.29 is 4.74 Å². The van der Waals surface area contributed by atoms with Gasteiger partial charge in [0.2, 0.25) is 0 Å². The van der Waals surface area contributed by atoms with Crippen molar-refractivity contribution in [3.8, 4) is 0 Å². The summed E-state index contributed by atoms with van der Waals surface area (Å²) in [6, 6.07) is 8.90. The van der Waals surface area contributed by atoms with Crippen molar-refractivity contribution in [2.24, 2.45) is 5.41 Å². The van der Waals surface area contributed by atoms with Gasteiger partial charge in [-0.2, -0.15) is 0 Å². The van der Waals surface area contributed by atoms with Gasteiger partial charge in [0.05, 0.1) is 12.1 Å². The molecule has 0 aliphatic carbocycles. The van der Waals surface area contributed by atoms with E-state index in [1.54, 1.807) is 7.11 Å². The largest absolute Gasteiger partial charge is 0.379 e. The molecule has 0 amide bonds. The van der Waals surface area contributed by atoms with Gasteiger partial charge in [-0.05, 0) is 24.4 Å². The van der Waals surface area contributed by atoms with Crippen LogP contribution in [-0.2, 0) is 4.74 Å². The lowest BCUT2D eigenvalue weighted by Gasteiger charge is -2.36. The Hall–Kier alpha value is -0.860. The van der Waals surface area contributed by atoms with Crippen molar-refractivity contribution in [1.82, 2.24) is 5.32 Å². The summed E-state index contributed by atoms with van der Waals surface area (Å²) in [6.07, 6.45) is 0.152. The summed E-state index contributed by atoms with van der Waals surface area (Å²) in [5.41, 5.74) is 2.70. The lowest BCUT2D eigenvalue weighted by molar-refractivity contribution is -0.0116. The van der Waals surface area contributed by atoms with E-state index in [1.165, 1.54) is 11.1 Å². The molecule has 2 nitrogen and oxygen atoms in total. The zero-order chi connectivity index (χ0) is 13.8. The number of aryl methyl sites for hydroxylation is 1. The van der Waals surface area contributed by atoms with Crippen LogP contribution >= 0.6 is 0 Å². The van der Waals surface area contributed by atoms with E-state index < -0.39 is 0 Å². The molecular formula is C16H27NO. The second-order valence-corrected chi connectivity index (χ2v) is 5.97. The molecule has 0 heterocycles. The van der Waals surface area contributed by atoms with E-state index in [-0.39, 0.29) is 17.6 Å². The van der Waals surface area contributed by atoms with Crippen molar-refractivity contribution in [3.63, 3.8) is 0 Å². The Bertz CT molecular complexity index is 368. The van der Waals surface area contributed by atoms with Gasteiger partial charge in [-0.3, -0.25) is 0 Å². The van der Waals surface area contributed by atoms with E-state index in [2.05, 4.69) is 64.2 Å². The van der Waals surface area contributed by atoms with Gasteiger partial charge in [0.1, 0.15) is 0 Å². The molecule has 0 spiro atoms. The minimum Gasteiger partial charge on any atom is -0.379 e. The molecule has 1 aromatic rings. The molecule has 0 aliphatic heterocycles. The number of ether oxygens (including phenoxy) is 1. The van der Waals surface area contributed by atoms with Crippen LogP contribution in [0.5, 0.6) is 0 Å². The predicted octanol–water partition coefficient (Wildman–Crippen LogP) is 3.71. The molecular weight excluding hydrogens is 222 g/mol. The molecule has 0 bridgehead atoms. The molecule has 0 saturated carbocycles. The topological polar surface area (TPSA) is 21.3 Å². The van der Waals surface area contributed by atoms with Crippen molar-refractivity contribution in [1.29, 1.82) is 0 Å². The summed E-state index contributed by atoms with van der Waals surface area (Å²) in [6.45, 7) is 11.9. The molecule has 102 valence electrons. The van der Waals surface area contributed by atoms with E-state index in [9.17, 15) is 0 Å². The average Bonchev–Trinajstić information content (AvgIpc) is 2.27. The molecule has 2 atom stereocenters. The van der Waals surface area contributed by atoms with Gasteiger partial charge in [-0.1, -0.05) is 57.5 Å². The van der Waals surface area contributed by atoms with E-state index in [1.807, 2.05) is 0 Å². The molecule has 2 heteroatoms. The van der Waals surface area contributed by atoms with Gasteiger partial charge in [0.25, 0.3) is 0 Å². The number of nitrogens with one attached hydrogen (secondary N) is 1. The standard InChI is InChI=1S/C16H27NO/c1-7-17-14(15(18-6)16(3,4)5)13-10-8-9-12(2)11-13/h8-11,14-15,17H,7H2,1-6H3. The zero-order valence-electron chi connectivity index (χ0n) is 12.6. The SMILES string of the molecule is CCNC(c1cccc(C)c1)C(OC)C(C)(C)C. The van der Waals surface area contributed by atoms with Crippen molar-refractivity contribution in [3.05, 3.63) is 35.4 Å². The molecule has 0 aliphatic rings. The van der Waals surface area contributed by atoms with Crippen LogP contribution in [-0.4, -0.2) is 19.8 Å². The predicted molar refractivity (Wildman–Crippen MR) is 77.8 cm³/mol. The molecule has 0 radical (unpaired) electrons. The third-order valence-corrected chi connectivity index (χ3v) is 3.24. The van der Waals surface area contributed by atoms with Crippen LogP contribution in [0.4, 0.5) is 0 Å². The summed E-state index contributed by atoms with van der Waals surface area (Å²) < 4.78 is 5.76. The van der Waals surface area contributed by atoms with Gasteiger partial charge in [-0.25, -0.2) is 0 Å². The monoisotopic (exact) mass is 249 g/mol. The number of rotatable bonds is 5. The van der Waals surface area contributed by atoms with Gasteiger partial charge in [0, 0.05) is 7.11 Å². The highest BCUT2D eigenvalue weighted by Crippen LogP contribution is 2.32. The maximum Gasteiger partial charge on any atom is 0.0814 e. The molecule has 0 aromatic heterocycles. The average molecular weight is 249 g/mol. The smallest absolute Gasteiger partial charge is 0.0814 e. The van der Waals surface area contributed by atoms with Gasteiger partial charge >= 0.3 is 0 Å². The number of likely N-dealkylation sites (N-methyl/N-ethyl adjacent to an activating group) is 1.